The van der Waals surface area contributed by atoms with Gasteiger partial charge in [0.1, 0.15) is 5.82 Å². The van der Waals surface area contributed by atoms with Gasteiger partial charge < -0.3 is 11.1 Å². The molecule has 0 bridgehead atoms. The summed E-state index contributed by atoms with van der Waals surface area (Å²) in [5.41, 5.74) is 6.19. The van der Waals surface area contributed by atoms with Crippen LogP contribution in [0.5, 0.6) is 0 Å². The predicted octanol–water partition coefficient (Wildman–Crippen LogP) is 1.74. The second-order valence-electron chi connectivity index (χ2n) is 4.78. The standard InChI is InChI=1S/C12H22N4/c1-16-12(7-8-15-16)14-9-10-5-3-2-4-6-11(10)13/h7-8,10-11,14H,2-6,9,13H2,1H3. The van der Waals surface area contributed by atoms with E-state index < -0.39 is 0 Å². The molecule has 1 aromatic rings. The van der Waals surface area contributed by atoms with Crippen LogP contribution in [0.15, 0.2) is 12.3 Å². The quantitative estimate of drug-likeness (QED) is 0.766. The Morgan fingerprint density at radius 1 is 1.44 bits per heavy atom. The smallest absolute Gasteiger partial charge is 0.123 e. The molecule has 0 aliphatic heterocycles. The Labute approximate surface area is 97.2 Å². The summed E-state index contributed by atoms with van der Waals surface area (Å²) in [6.45, 7) is 0.973. The molecular formula is C12H22N4. The van der Waals surface area contributed by atoms with Crippen molar-refractivity contribution in [2.75, 3.05) is 11.9 Å². The third kappa shape index (κ3) is 2.76. The molecule has 2 unspecified atom stereocenters. The van der Waals surface area contributed by atoms with Crippen molar-refractivity contribution in [3.63, 3.8) is 0 Å². The molecule has 0 spiro atoms. The molecule has 2 atom stereocenters. The Kier molecular flexibility index (Phi) is 3.83. The van der Waals surface area contributed by atoms with Gasteiger partial charge in [-0.15, -0.1) is 0 Å². The van der Waals surface area contributed by atoms with Crippen LogP contribution >= 0.6 is 0 Å². The van der Waals surface area contributed by atoms with Crippen LogP contribution in [0.25, 0.3) is 0 Å². The molecule has 1 fully saturated rings. The van der Waals surface area contributed by atoms with Gasteiger partial charge in [0.05, 0.1) is 6.20 Å². The van der Waals surface area contributed by atoms with E-state index in [1.54, 1.807) is 0 Å². The van der Waals surface area contributed by atoms with Gasteiger partial charge in [0.25, 0.3) is 0 Å². The number of anilines is 1. The summed E-state index contributed by atoms with van der Waals surface area (Å²) in [5, 5.41) is 7.58. The average Bonchev–Trinajstić information content (AvgIpc) is 2.56. The van der Waals surface area contributed by atoms with Crippen LogP contribution in [0, 0.1) is 5.92 Å². The zero-order valence-electron chi connectivity index (χ0n) is 10.0. The lowest BCUT2D eigenvalue weighted by atomic mass is 9.95. The van der Waals surface area contributed by atoms with E-state index in [1.165, 1.54) is 32.1 Å². The topological polar surface area (TPSA) is 55.9 Å². The molecule has 4 heteroatoms. The third-order valence-electron chi connectivity index (χ3n) is 3.58. The van der Waals surface area contributed by atoms with Crippen LogP contribution in [0.4, 0.5) is 5.82 Å². The van der Waals surface area contributed by atoms with Crippen molar-refractivity contribution in [1.82, 2.24) is 9.78 Å². The first-order chi connectivity index (χ1) is 7.77. The molecule has 1 aliphatic rings. The molecule has 1 saturated carbocycles. The summed E-state index contributed by atoms with van der Waals surface area (Å²) in [4.78, 5) is 0. The van der Waals surface area contributed by atoms with Gasteiger partial charge in [-0.25, -0.2) is 0 Å². The SMILES string of the molecule is Cn1nccc1NCC1CCCCCC1N. The van der Waals surface area contributed by atoms with E-state index in [-0.39, 0.29) is 0 Å². The molecule has 1 heterocycles. The second-order valence-corrected chi connectivity index (χ2v) is 4.78. The monoisotopic (exact) mass is 222 g/mol. The molecule has 0 saturated heterocycles. The highest BCUT2D eigenvalue weighted by molar-refractivity contribution is 5.33. The Morgan fingerprint density at radius 3 is 3.00 bits per heavy atom. The van der Waals surface area contributed by atoms with Crippen molar-refractivity contribution < 1.29 is 0 Å². The van der Waals surface area contributed by atoms with Gasteiger partial charge in [0.15, 0.2) is 0 Å². The average molecular weight is 222 g/mol. The summed E-state index contributed by atoms with van der Waals surface area (Å²) in [6, 6.07) is 2.37. The van der Waals surface area contributed by atoms with Crippen LogP contribution < -0.4 is 11.1 Å². The van der Waals surface area contributed by atoms with Crippen LogP contribution in [-0.4, -0.2) is 22.4 Å². The lowest BCUT2D eigenvalue weighted by Crippen LogP contribution is -2.33. The maximum atomic E-state index is 6.19. The molecule has 90 valence electrons. The highest BCUT2D eigenvalue weighted by Crippen LogP contribution is 2.22. The van der Waals surface area contributed by atoms with E-state index >= 15 is 0 Å². The molecule has 4 nitrogen and oxygen atoms in total. The molecule has 0 radical (unpaired) electrons. The van der Waals surface area contributed by atoms with Gasteiger partial charge in [-0.1, -0.05) is 19.3 Å². The van der Waals surface area contributed by atoms with Gasteiger partial charge in [-0.05, 0) is 18.8 Å². The van der Waals surface area contributed by atoms with Crippen molar-refractivity contribution in [2.24, 2.45) is 18.7 Å². The second kappa shape index (κ2) is 5.34. The Bertz CT molecular complexity index is 321. The number of aryl methyl sites for hydroxylation is 1. The van der Waals surface area contributed by atoms with Crippen molar-refractivity contribution in [2.45, 2.75) is 38.1 Å². The van der Waals surface area contributed by atoms with Crippen molar-refractivity contribution >= 4 is 5.82 Å². The Balaban J connectivity index is 1.86. The number of nitrogens with two attached hydrogens (primary N) is 1. The van der Waals surface area contributed by atoms with Crippen LogP contribution in [0.3, 0.4) is 0 Å². The van der Waals surface area contributed by atoms with E-state index in [2.05, 4.69) is 10.4 Å². The number of nitrogens with one attached hydrogen (secondary N) is 1. The van der Waals surface area contributed by atoms with Gasteiger partial charge in [0.2, 0.25) is 0 Å². The van der Waals surface area contributed by atoms with Gasteiger partial charge in [-0.3, -0.25) is 4.68 Å². The summed E-state index contributed by atoms with van der Waals surface area (Å²) in [6.07, 6.45) is 8.21. The highest BCUT2D eigenvalue weighted by atomic mass is 15.3. The molecule has 1 aliphatic carbocycles. The van der Waals surface area contributed by atoms with E-state index in [4.69, 9.17) is 5.73 Å². The molecule has 2 rings (SSSR count). The maximum Gasteiger partial charge on any atom is 0.123 e. The van der Waals surface area contributed by atoms with E-state index in [1.807, 2.05) is 24.0 Å². The first-order valence-corrected chi connectivity index (χ1v) is 6.25. The van der Waals surface area contributed by atoms with Gasteiger partial charge in [-0.2, -0.15) is 5.10 Å². The minimum absolute atomic E-state index is 0.364. The van der Waals surface area contributed by atoms with Crippen molar-refractivity contribution in [3.05, 3.63) is 12.3 Å². The van der Waals surface area contributed by atoms with Crippen LogP contribution in [-0.2, 0) is 7.05 Å². The molecular weight excluding hydrogens is 200 g/mol. The van der Waals surface area contributed by atoms with Crippen molar-refractivity contribution in [1.29, 1.82) is 0 Å². The van der Waals surface area contributed by atoms with E-state index in [0.717, 1.165) is 12.4 Å². The Hall–Kier alpha value is -1.03. The first-order valence-electron chi connectivity index (χ1n) is 6.25. The lowest BCUT2D eigenvalue weighted by molar-refractivity contribution is 0.415. The number of hydrogen-bond donors (Lipinski definition) is 2. The van der Waals surface area contributed by atoms with Crippen LogP contribution in [0.2, 0.25) is 0 Å². The minimum Gasteiger partial charge on any atom is -0.370 e. The van der Waals surface area contributed by atoms with Gasteiger partial charge in [0, 0.05) is 25.7 Å². The number of nitrogens with zero attached hydrogens (tertiary/aromatic N) is 2. The molecule has 0 aromatic carbocycles. The van der Waals surface area contributed by atoms with E-state index in [9.17, 15) is 0 Å². The maximum absolute atomic E-state index is 6.19. The summed E-state index contributed by atoms with van der Waals surface area (Å²) in [7, 11) is 1.95. The molecule has 1 aromatic heterocycles. The summed E-state index contributed by atoms with van der Waals surface area (Å²) >= 11 is 0. The highest BCUT2D eigenvalue weighted by Gasteiger charge is 2.20. The Morgan fingerprint density at radius 2 is 2.25 bits per heavy atom. The summed E-state index contributed by atoms with van der Waals surface area (Å²) < 4.78 is 1.86. The van der Waals surface area contributed by atoms with Gasteiger partial charge >= 0.3 is 0 Å². The molecule has 0 amide bonds. The number of hydrogen-bond acceptors (Lipinski definition) is 3. The largest absolute Gasteiger partial charge is 0.370 e. The normalized spacial score (nSPS) is 26.4. The number of aromatic nitrogens is 2. The fourth-order valence-corrected chi connectivity index (χ4v) is 2.45. The fourth-order valence-electron chi connectivity index (χ4n) is 2.45. The lowest BCUT2D eigenvalue weighted by Gasteiger charge is -2.22. The predicted molar refractivity (Wildman–Crippen MR) is 66.2 cm³/mol. The minimum atomic E-state index is 0.364. The van der Waals surface area contributed by atoms with Crippen molar-refractivity contribution in [3.8, 4) is 0 Å². The van der Waals surface area contributed by atoms with E-state index in [0.29, 0.717) is 12.0 Å². The third-order valence-corrected chi connectivity index (χ3v) is 3.58. The fraction of sp³-hybridized carbons (Fsp3) is 0.750. The zero-order chi connectivity index (χ0) is 11.4. The number of rotatable bonds is 3. The first kappa shape index (κ1) is 11.5. The summed E-state index contributed by atoms with van der Waals surface area (Å²) in [5.74, 6) is 1.69. The molecule has 3 N–H and O–H groups in total. The zero-order valence-corrected chi connectivity index (χ0v) is 10.0. The van der Waals surface area contributed by atoms with Crippen LogP contribution in [0.1, 0.15) is 32.1 Å². The molecule has 16 heavy (non-hydrogen) atoms.